The van der Waals surface area contributed by atoms with Gasteiger partial charge >= 0.3 is 0 Å². The third-order valence-electron chi connectivity index (χ3n) is 1.55. The van der Waals surface area contributed by atoms with E-state index in [0.717, 1.165) is 37.4 Å². The van der Waals surface area contributed by atoms with Crippen LogP contribution in [0.5, 0.6) is 0 Å². The highest BCUT2D eigenvalue weighted by Gasteiger charge is 1.97. The van der Waals surface area contributed by atoms with Gasteiger partial charge in [-0.05, 0) is 25.8 Å². The fourth-order valence-electron chi connectivity index (χ4n) is 0.856. The first-order valence-corrected chi connectivity index (χ1v) is 5.84. The van der Waals surface area contributed by atoms with Gasteiger partial charge in [-0.15, -0.1) is 0 Å². The van der Waals surface area contributed by atoms with Crippen LogP contribution in [-0.4, -0.2) is 36.0 Å². The van der Waals surface area contributed by atoms with Crippen LogP contribution in [0.4, 0.5) is 0 Å². The molecule has 0 saturated heterocycles. The molecule has 1 unspecified atom stereocenters. The van der Waals surface area contributed by atoms with E-state index in [1.165, 1.54) is 0 Å². The maximum Gasteiger partial charge on any atom is 0.0462 e. The summed E-state index contributed by atoms with van der Waals surface area (Å²) in [6.07, 6.45) is 2.87. The van der Waals surface area contributed by atoms with Gasteiger partial charge in [0.15, 0.2) is 0 Å². The van der Waals surface area contributed by atoms with Crippen molar-refractivity contribution in [2.24, 2.45) is 5.73 Å². The van der Waals surface area contributed by atoms with Crippen LogP contribution in [0.1, 0.15) is 19.3 Å². The lowest BCUT2D eigenvalue weighted by molar-refractivity contribution is 0.194. The SMILES string of the molecule is COCCCCS(=O)CCCN. The Kier molecular flexibility index (Phi) is 9.21. The van der Waals surface area contributed by atoms with Crippen molar-refractivity contribution >= 4 is 10.8 Å². The van der Waals surface area contributed by atoms with Crippen LogP contribution in [-0.2, 0) is 15.5 Å². The molecule has 0 aliphatic carbocycles. The lowest BCUT2D eigenvalue weighted by Gasteiger charge is -2.00. The zero-order valence-corrected chi connectivity index (χ0v) is 8.57. The second-order valence-corrected chi connectivity index (χ2v) is 4.39. The molecule has 1 atom stereocenters. The summed E-state index contributed by atoms with van der Waals surface area (Å²) in [4.78, 5) is 0. The molecule has 0 saturated carbocycles. The number of methoxy groups -OCH3 is 1. The van der Waals surface area contributed by atoms with E-state index in [9.17, 15) is 4.21 Å². The van der Waals surface area contributed by atoms with Crippen LogP contribution in [0.2, 0.25) is 0 Å². The minimum Gasteiger partial charge on any atom is -0.385 e. The molecule has 0 aromatic rings. The largest absolute Gasteiger partial charge is 0.385 e. The maximum atomic E-state index is 11.2. The maximum absolute atomic E-state index is 11.2. The molecule has 74 valence electrons. The van der Waals surface area contributed by atoms with Crippen molar-refractivity contribution in [3.05, 3.63) is 0 Å². The molecule has 0 amide bonds. The predicted octanol–water partition coefficient (Wildman–Crippen LogP) is 0.511. The minimum absolute atomic E-state index is 0.643. The zero-order chi connectivity index (χ0) is 9.23. The summed E-state index contributed by atoms with van der Waals surface area (Å²) in [5, 5.41) is 0. The summed E-state index contributed by atoms with van der Waals surface area (Å²) in [7, 11) is 1.03. The van der Waals surface area contributed by atoms with Gasteiger partial charge in [0.1, 0.15) is 0 Å². The Labute approximate surface area is 77.1 Å². The van der Waals surface area contributed by atoms with E-state index < -0.39 is 10.8 Å². The summed E-state index contributed by atoms with van der Waals surface area (Å²) in [5.41, 5.74) is 5.30. The van der Waals surface area contributed by atoms with Gasteiger partial charge in [0.2, 0.25) is 0 Å². The lowest BCUT2D eigenvalue weighted by Crippen LogP contribution is -2.08. The van der Waals surface area contributed by atoms with Gasteiger partial charge in [-0.25, -0.2) is 0 Å². The fourth-order valence-corrected chi connectivity index (χ4v) is 2.07. The van der Waals surface area contributed by atoms with Crippen LogP contribution >= 0.6 is 0 Å². The van der Waals surface area contributed by atoms with Gasteiger partial charge in [-0.3, -0.25) is 4.21 Å². The monoisotopic (exact) mass is 193 g/mol. The molecule has 0 radical (unpaired) electrons. The molecular weight excluding hydrogens is 174 g/mol. The topological polar surface area (TPSA) is 52.3 Å². The normalized spacial score (nSPS) is 13.2. The standard InChI is InChI=1S/C8H19NO2S/c1-11-6-2-3-7-12(10)8-4-5-9/h2-9H2,1H3. The Balaban J connectivity index is 3.08. The van der Waals surface area contributed by atoms with Gasteiger partial charge in [-0.1, -0.05) is 0 Å². The molecular formula is C8H19NO2S. The number of unbranched alkanes of at least 4 members (excludes halogenated alkanes) is 1. The molecule has 0 heterocycles. The average Bonchev–Trinajstić information content (AvgIpc) is 2.09. The summed E-state index contributed by atoms with van der Waals surface area (Å²) in [5.74, 6) is 1.55. The molecule has 0 aromatic heterocycles. The third kappa shape index (κ3) is 8.17. The highest BCUT2D eigenvalue weighted by atomic mass is 32.2. The first kappa shape index (κ1) is 12.1. The summed E-state index contributed by atoms with van der Waals surface area (Å²) >= 11 is 0. The molecule has 0 rings (SSSR count). The Morgan fingerprint density at radius 3 is 2.50 bits per heavy atom. The predicted molar refractivity (Wildman–Crippen MR) is 52.7 cm³/mol. The first-order valence-electron chi connectivity index (χ1n) is 4.35. The highest BCUT2D eigenvalue weighted by molar-refractivity contribution is 7.84. The van der Waals surface area contributed by atoms with Gasteiger partial charge in [0, 0.05) is 36.0 Å². The fraction of sp³-hybridized carbons (Fsp3) is 1.00. The van der Waals surface area contributed by atoms with E-state index in [2.05, 4.69) is 0 Å². The Morgan fingerprint density at radius 2 is 1.92 bits per heavy atom. The van der Waals surface area contributed by atoms with E-state index in [-0.39, 0.29) is 0 Å². The van der Waals surface area contributed by atoms with E-state index >= 15 is 0 Å². The molecule has 3 nitrogen and oxygen atoms in total. The van der Waals surface area contributed by atoms with Crippen molar-refractivity contribution in [2.75, 3.05) is 31.8 Å². The summed E-state index contributed by atoms with van der Waals surface area (Å²) in [6, 6.07) is 0. The van der Waals surface area contributed by atoms with E-state index in [1.807, 2.05) is 0 Å². The smallest absolute Gasteiger partial charge is 0.0462 e. The van der Waals surface area contributed by atoms with Crippen LogP contribution in [0.15, 0.2) is 0 Å². The van der Waals surface area contributed by atoms with Crippen molar-refractivity contribution in [1.82, 2.24) is 0 Å². The van der Waals surface area contributed by atoms with Crippen LogP contribution in [0.25, 0.3) is 0 Å². The van der Waals surface area contributed by atoms with Crippen molar-refractivity contribution < 1.29 is 8.95 Å². The zero-order valence-electron chi connectivity index (χ0n) is 7.75. The molecule has 0 fully saturated rings. The minimum atomic E-state index is -0.659. The van der Waals surface area contributed by atoms with Gasteiger partial charge in [-0.2, -0.15) is 0 Å². The number of rotatable bonds is 8. The quantitative estimate of drug-likeness (QED) is 0.571. The second-order valence-electron chi connectivity index (χ2n) is 2.69. The molecule has 2 N–H and O–H groups in total. The van der Waals surface area contributed by atoms with Gasteiger partial charge in [0.05, 0.1) is 0 Å². The first-order chi connectivity index (χ1) is 5.81. The molecule has 0 aliphatic heterocycles. The van der Waals surface area contributed by atoms with E-state index in [0.29, 0.717) is 6.54 Å². The molecule has 0 aromatic carbocycles. The van der Waals surface area contributed by atoms with Gasteiger partial charge < -0.3 is 10.5 Å². The second kappa shape index (κ2) is 9.16. The van der Waals surface area contributed by atoms with Crippen LogP contribution in [0, 0.1) is 0 Å². The van der Waals surface area contributed by atoms with Crippen molar-refractivity contribution in [1.29, 1.82) is 0 Å². The highest BCUT2D eigenvalue weighted by Crippen LogP contribution is 1.94. The van der Waals surface area contributed by atoms with E-state index in [1.54, 1.807) is 7.11 Å². The Morgan fingerprint density at radius 1 is 1.25 bits per heavy atom. The number of hydrogen-bond acceptors (Lipinski definition) is 3. The van der Waals surface area contributed by atoms with Crippen molar-refractivity contribution in [3.63, 3.8) is 0 Å². The number of hydrogen-bond donors (Lipinski definition) is 1. The summed E-state index contributed by atoms with van der Waals surface area (Å²) in [6.45, 7) is 1.41. The van der Waals surface area contributed by atoms with E-state index in [4.69, 9.17) is 10.5 Å². The number of nitrogens with two attached hydrogens (primary N) is 1. The molecule has 4 heteroatoms. The summed E-state index contributed by atoms with van der Waals surface area (Å²) < 4.78 is 16.1. The van der Waals surface area contributed by atoms with Crippen LogP contribution < -0.4 is 5.73 Å². The Bertz CT molecular complexity index is 120. The van der Waals surface area contributed by atoms with Crippen LogP contribution in [0.3, 0.4) is 0 Å². The van der Waals surface area contributed by atoms with Gasteiger partial charge in [0.25, 0.3) is 0 Å². The van der Waals surface area contributed by atoms with Crippen molar-refractivity contribution in [2.45, 2.75) is 19.3 Å². The third-order valence-corrected chi connectivity index (χ3v) is 3.03. The molecule has 12 heavy (non-hydrogen) atoms. The van der Waals surface area contributed by atoms with Crippen molar-refractivity contribution in [3.8, 4) is 0 Å². The molecule has 0 bridgehead atoms. The lowest BCUT2D eigenvalue weighted by atomic mass is 10.4. The molecule has 0 aliphatic rings. The number of ether oxygens (including phenoxy) is 1. The molecule has 0 spiro atoms. The Hall–Kier alpha value is 0.0700. The average molecular weight is 193 g/mol.